The fourth-order valence-electron chi connectivity index (χ4n) is 1.04. The molecule has 0 N–H and O–H groups in total. The van der Waals surface area contributed by atoms with Crippen LogP contribution in [-0.4, -0.2) is 11.3 Å². The van der Waals surface area contributed by atoms with E-state index in [9.17, 15) is 8.78 Å². The van der Waals surface area contributed by atoms with Crippen LogP contribution in [0.3, 0.4) is 0 Å². The van der Waals surface area contributed by atoms with E-state index < -0.39 is 11.8 Å². The molecule has 0 aliphatic rings. The summed E-state index contributed by atoms with van der Waals surface area (Å²) in [5.41, 5.74) is 0. The summed E-state index contributed by atoms with van der Waals surface area (Å²) in [5.74, 6) is -3.02. The van der Waals surface area contributed by atoms with E-state index in [-0.39, 0.29) is 12.3 Å². The van der Waals surface area contributed by atoms with E-state index in [0.29, 0.717) is 5.33 Å². The van der Waals surface area contributed by atoms with Crippen LogP contribution in [0, 0.1) is 11.8 Å². The zero-order chi connectivity index (χ0) is 9.07. The second kappa shape index (κ2) is 4.39. The van der Waals surface area contributed by atoms with E-state index in [1.807, 2.05) is 13.8 Å². The largest absolute Gasteiger partial charge is 0.251 e. The van der Waals surface area contributed by atoms with E-state index in [0.717, 1.165) is 0 Å². The lowest BCUT2D eigenvalue weighted by atomic mass is 9.90. The molecule has 0 saturated heterocycles. The maximum absolute atomic E-state index is 13.0. The van der Waals surface area contributed by atoms with Crippen molar-refractivity contribution < 1.29 is 8.78 Å². The molecule has 11 heavy (non-hydrogen) atoms. The zero-order valence-corrected chi connectivity index (χ0v) is 8.79. The van der Waals surface area contributed by atoms with Gasteiger partial charge in [0.1, 0.15) is 0 Å². The minimum Gasteiger partial charge on any atom is -0.207 e. The molecular formula is C8H15BrF2. The Balaban J connectivity index is 4.23. The Kier molecular flexibility index (Phi) is 4.52. The SMILES string of the molecule is CCC(F)(F)C(CBr)C(C)C. The molecule has 0 saturated carbocycles. The smallest absolute Gasteiger partial charge is 0.207 e. The standard InChI is InChI=1S/C8H15BrF2/c1-4-8(10,11)7(5-9)6(2)3/h6-7H,4-5H2,1-3H3. The molecule has 0 spiro atoms. The average Bonchev–Trinajstić information content (AvgIpc) is 1.88. The van der Waals surface area contributed by atoms with Gasteiger partial charge in [-0.15, -0.1) is 0 Å². The van der Waals surface area contributed by atoms with Gasteiger partial charge in [-0.2, -0.15) is 0 Å². The lowest BCUT2D eigenvalue weighted by Crippen LogP contribution is -2.32. The van der Waals surface area contributed by atoms with Crippen molar-refractivity contribution in [3.63, 3.8) is 0 Å². The van der Waals surface area contributed by atoms with Gasteiger partial charge in [-0.25, -0.2) is 8.78 Å². The molecule has 0 aromatic rings. The van der Waals surface area contributed by atoms with Crippen LogP contribution in [0.1, 0.15) is 27.2 Å². The Morgan fingerprint density at radius 1 is 1.36 bits per heavy atom. The Morgan fingerprint density at radius 3 is 1.91 bits per heavy atom. The highest BCUT2D eigenvalue weighted by Crippen LogP contribution is 2.34. The quantitative estimate of drug-likeness (QED) is 0.645. The molecular weight excluding hydrogens is 214 g/mol. The van der Waals surface area contributed by atoms with E-state index in [2.05, 4.69) is 15.9 Å². The molecule has 0 rings (SSSR count). The van der Waals surface area contributed by atoms with Crippen LogP contribution in [-0.2, 0) is 0 Å². The lowest BCUT2D eigenvalue weighted by Gasteiger charge is -2.27. The molecule has 0 heterocycles. The second-order valence-electron chi connectivity index (χ2n) is 3.12. The van der Waals surface area contributed by atoms with Crippen LogP contribution in [0.5, 0.6) is 0 Å². The summed E-state index contributed by atoms with van der Waals surface area (Å²) in [6, 6.07) is 0. The molecule has 3 heteroatoms. The maximum atomic E-state index is 13.0. The molecule has 0 amide bonds. The minimum atomic E-state index is -2.52. The van der Waals surface area contributed by atoms with Crippen molar-refractivity contribution in [3.05, 3.63) is 0 Å². The summed E-state index contributed by atoms with van der Waals surface area (Å²) >= 11 is 3.11. The zero-order valence-electron chi connectivity index (χ0n) is 7.20. The van der Waals surface area contributed by atoms with Gasteiger partial charge >= 0.3 is 0 Å². The van der Waals surface area contributed by atoms with Crippen LogP contribution in [0.4, 0.5) is 8.78 Å². The number of alkyl halides is 3. The molecule has 0 aliphatic carbocycles. The molecule has 0 nitrogen and oxygen atoms in total. The topological polar surface area (TPSA) is 0 Å². The van der Waals surface area contributed by atoms with Crippen LogP contribution >= 0.6 is 15.9 Å². The number of halogens is 3. The minimum absolute atomic E-state index is 0.0318. The summed E-state index contributed by atoms with van der Waals surface area (Å²) in [4.78, 5) is 0. The van der Waals surface area contributed by atoms with E-state index in [4.69, 9.17) is 0 Å². The van der Waals surface area contributed by atoms with Crippen LogP contribution in [0.2, 0.25) is 0 Å². The molecule has 0 fully saturated rings. The predicted octanol–water partition coefficient (Wildman–Crippen LogP) is 3.70. The monoisotopic (exact) mass is 228 g/mol. The predicted molar refractivity (Wildman–Crippen MR) is 47.4 cm³/mol. The van der Waals surface area contributed by atoms with E-state index in [1.54, 1.807) is 0 Å². The van der Waals surface area contributed by atoms with Gasteiger partial charge in [0.05, 0.1) is 0 Å². The molecule has 0 radical (unpaired) electrons. The number of rotatable bonds is 4. The van der Waals surface area contributed by atoms with Crippen molar-refractivity contribution in [1.29, 1.82) is 0 Å². The highest BCUT2D eigenvalue weighted by atomic mass is 79.9. The van der Waals surface area contributed by atoms with Crippen LogP contribution in [0.15, 0.2) is 0 Å². The number of hydrogen-bond donors (Lipinski definition) is 0. The fourth-order valence-corrected chi connectivity index (χ4v) is 2.26. The molecule has 68 valence electrons. The first-order valence-electron chi connectivity index (χ1n) is 3.89. The van der Waals surface area contributed by atoms with Crippen molar-refractivity contribution >= 4 is 15.9 Å². The lowest BCUT2D eigenvalue weighted by molar-refractivity contribution is -0.0678. The Labute approximate surface area is 75.5 Å². The fraction of sp³-hybridized carbons (Fsp3) is 1.00. The highest BCUT2D eigenvalue weighted by molar-refractivity contribution is 9.09. The van der Waals surface area contributed by atoms with Gasteiger partial charge in [0.15, 0.2) is 0 Å². The van der Waals surface area contributed by atoms with E-state index in [1.165, 1.54) is 6.92 Å². The van der Waals surface area contributed by atoms with E-state index >= 15 is 0 Å². The van der Waals surface area contributed by atoms with Gasteiger partial charge in [0.2, 0.25) is 0 Å². The molecule has 1 unspecified atom stereocenters. The summed E-state index contributed by atoms with van der Waals surface area (Å²) in [6.45, 7) is 5.18. The molecule has 1 atom stereocenters. The third-order valence-electron chi connectivity index (χ3n) is 1.98. The summed E-state index contributed by atoms with van der Waals surface area (Å²) < 4.78 is 26.1. The Bertz CT molecular complexity index is 113. The first kappa shape index (κ1) is 11.3. The van der Waals surface area contributed by atoms with Crippen molar-refractivity contribution in [2.24, 2.45) is 11.8 Å². The molecule has 0 aromatic carbocycles. The Morgan fingerprint density at radius 2 is 1.82 bits per heavy atom. The van der Waals surface area contributed by atoms with Crippen LogP contribution < -0.4 is 0 Å². The van der Waals surface area contributed by atoms with Gasteiger partial charge in [-0.05, 0) is 5.92 Å². The highest BCUT2D eigenvalue weighted by Gasteiger charge is 2.38. The third-order valence-corrected chi connectivity index (χ3v) is 2.68. The second-order valence-corrected chi connectivity index (χ2v) is 3.77. The van der Waals surface area contributed by atoms with Gasteiger partial charge in [0.25, 0.3) is 5.92 Å². The van der Waals surface area contributed by atoms with Crippen molar-refractivity contribution in [1.82, 2.24) is 0 Å². The summed E-state index contributed by atoms with van der Waals surface area (Å²) in [6.07, 6.45) is -0.0680. The van der Waals surface area contributed by atoms with Gasteiger partial charge in [-0.3, -0.25) is 0 Å². The molecule has 0 aliphatic heterocycles. The molecule has 0 aromatic heterocycles. The van der Waals surface area contributed by atoms with Crippen molar-refractivity contribution in [3.8, 4) is 0 Å². The average molecular weight is 229 g/mol. The third kappa shape index (κ3) is 3.06. The van der Waals surface area contributed by atoms with Crippen molar-refractivity contribution in [2.75, 3.05) is 5.33 Å². The van der Waals surface area contributed by atoms with Crippen molar-refractivity contribution in [2.45, 2.75) is 33.1 Å². The Hall–Kier alpha value is 0.340. The number of hydrogen-bond acceptors (Lipinski definition) is 0. The normalized spacial score (nSPS) is 15.5. The first-order valence-corrected chi connectivity index (χ1v) is 5.01. The molecule has 0 bridgehead atoms. The van der Waals surface area contributed by atoms with Gasteiger partial charge in [0, 0.05) is 17.7 Å². The maximum Gasteiger partial charge on any atom is 0.251 e. The van der Waals surface area contributed by atoms with Gasteiger partial charge < -0.3 is 0 Å². The van der Waals surface area contributed by atoms with Crippen LogP contribution in [0.25, 0.3) is 0 Å². The van der Waals surface area contributed by atoms with Gasteiger partial charge in [-0.1, -0.05) is 36.7 Å². The first-order chi connectivity index (χ1) is 4.95. The summed E-state index contributed by atoms with van der Waals surface area (Å²) in [7, 11) is 0. The summed E-state index contributed by atoms with van der Waals surface area (Å²) in [5, 5.41) is 0.380.